The second kappa shape index (κ2) is 5.58. The first-order valence-corrected chi connectivity index (χ1v) is 8.91. The van der Waals surface area contributed by atoms with Crippen molar-refractivity contribution in [2.24, 2.45) is 5.14 Å². The van der Waals surface area contributed by atoms with E-state index in [1.807, 2.05) is 30.3 Å². The maximum Gasteiger partial charge on any atom is 0.238 e. The Hall–Kier alpha value is -2.44. The number of nitrogens with two attached hydrogens (primary N) is 1. The molecule has 0 saturated heterocycles. The Morgan fingerprint density at radius 2 is 1.50 bits per heavy atom. The SMILES string of the molecule is CC1(C)OC(c2ccc(S(N)(=O)=O)cc2)=C(c2ccccc2)C1=O. The molecule has 5 nitrogen and oxygen atoms in total. The summed E-state index contributed by atoms with van der Waals surface area (Å²) in [6, 6.07) is 15.2. The predicted octanol–water partition coefficient (Wildman–Crippen LogP) is 2.58. The summed E-state index contributed by atoms with van der Waals surface area (Å²) < 4.78 is 28.7. The van der Waals surface area contributed by atoms with Gasteiger partial charge in [-0.05, 0) is 43.7 Å². The van der Waals surface area contributed by atoms with Crippen LogP contribution in [0.3, 0.4) is 0 Å². The summed E-state index contributed by atoms with van der Waals surface area (Å²) in [5, 5.41) is 5.12. The minimum absolute atomic E-state index is 0.0108. The molecule has 2 aromatic rings. The monoisotopic (exact) mass is 343 g/mol. The summed E-state index contributed by atoms with van der Waals surface area (Å²) in [5.41, 5.74) is 0.904. The zero-order chi connectivity index (χ0) is 17.5. The van der Waals surface area contributed by atoms with Crippen molar-refractivity contribution >= 4 is 27.1 Å². The van der Waals surface area contributed by atoms with Crippen molar-refractivity contribution in [3.05, 3.63) is 65.7 Å². The molecule has 2 aromatic carbocycles. The molecule has 0 radical (unpaired) electrons. The van der Waals surface area contributed by atoms with Gasteiger partial charge in [-0.1, -0.05) is 30.3 Å². The number of benzene rings is 2. The quantitative estimate of drug-likeness (QED) is 0.928. The number of primary sulfonamides is 1. The molecule has 0 unspecified atom stereocenters. The summed E-state index contributed by atoms with van der Waals surface area (Å²) in [7, 11) is -3.77. The molecular weight excluding hydrogens is 326 g/mol. The lowest BCUT2D eigenvalue weighted by molar-refractivity contribution is -0.125. The molecule has 0 bridgehead atoms. The molecule has 0 aromatic heterocycles. The number of rotatable bonds is 3. The fraction of sp³-hybridized carbons (Fsp3) is 0.167. The van der Waals surface area contributed by atoms with Crippen molar-refractivity contribution in [1.29, 1.82) is 0 Å². The van der Waals surface area contributed by atoms with Crippen molar-refractivity contribution in [2.75, 3.05) is 0 Å². The van der Waals surface area contributed by atoms with Crippen LogP contribution < -0.4 is 5.14 Å². The molecule has 1 heterocycles. The number of carbonyl (C=O) groups is 1. The fourth-order valence-corrected chi connectivity index (χ4v) is 3.14. The summed E-state index contributed by atoms with van der Waals surface area (Å²) in [6.45, 7) is 3.42. The maximum absolute atomic E-state index is 12.7. The van der Waals surface area contributed by atoms with Gasteiger partial charge in [0.2, 0.25) is 15.8 Å². The lowest BCUT2D eigenvalue weighted by Crippen LogP contribution is -2.29. The highest BCUT2D eigenvalue weighted by molar-refractivity contribution is 7.89. The fourth-order valence-electron chi connectivity index (χ4n) is 2.62. The Morgan fingerprint density at radius 1 is 0.917 bits per heavy atom. The highest BCUT2D eigenvalue weighted by Crippen LogP contribution is 2.41. The molecule has 0 atom stereocenters. The summed E-state index contributed by atoms with van der Waals surface area (Å²) >= 11 is 0. The van der Waals surface area contributed by atoms with E-state index in [1.165, 1.54) is 12.1 Å². The molecule has 24 heavy (non-hydrogen) atoms. The van der Waals surface area contributed by atoms with E-state index in [9.17, 15) is 13.2 Å². The average Bonchev–Trinajstić information content (AvgIpc) is 2.78. The molecule has 2 N–H and O–H groups in total. The van der Waals surface area contributed by atoms with Gasteiger partial charge in [-0.25, -0.2) is 13.6 Å². The predicted molar refractivity (Wildman–Crippen MR) is 91.2 cm³/mol. The Labute approximate surface area is 140 Å². The third kappa shape index (κ3) is 2.86. The van der Waals surface area contributed by atoms with E-state index in [0.717, 1.165) is 5.56 Å². The standard InChI is InChI=1S/C18H17NO4S/c1-18(2)17(20)15(12-6-4-3-5-7-12)16(23-18)13-8-10-14(11-9-13)24(19,21)22/h3-11H,1-2H3,(H2,19,21,22). The Morgan fingerprint density at radius 3 is 2.04 bits per heavy atom. The van der Waals surface area contributed by atoms with Crippen molar-refractivity contribution in [3.63, 3.8) is 0 Å². The first-order valence-electron chi connectivity index (χ1n) is 7.37. The highest BCUT2D eigenvalue weighted by Gasteiger charge is 2.42. The van der Waals surface area contributed by atoms with E-state index >= 15 is 0 Å². The number of ketones is 1. The van der Waals surface area contributed by atoms with Crippen molar-refractivity contribution in [3.8, 4) is 0 Å². The number of Topliss-reactive ketones (excluding diaryl/α,β-unsaturated/α-hetero) is 1. The van der Waals surface area contributed by atoms with Gasteiger partial charge in [0.25, 0.3) is 0 Å². The second-order valence-electron chi connectivity index (χ2n) is 6.08. The van der Waals surface area contributed by atoms with E-state index in [2.05, 4.69) is 0 Å². The van der Waals surface area contributed by atoms with Gasteiger partial charge < -0.3 is 4.74 Å². The average molecular weight is 343 g/mol. The molecule has 124 valence electrons. The molecule has 0 fully saturated rings. The third-order valence-electron chi connectivity index (χ3n) is 3.87. The highest BCUT2D eigenvalue weighted by atomic mass is 32.2. The van der Waals surface area contributed by atoms with Crippen LogP contribution in [0.4, 0.5) is 0 Å². The molecule has 1 aliphatic rings. The number of sulfonamides is 1. The molecule has 0 aliphatic carbocycles. The van der Waals surface area contributed by atoms with Gasteiger partial charge in [-0.3, -0.25) is 4.79 Å². The topological polar surface area (TPSA) is 86.5 Å². The van der Waals surface area contributed by atoms with Gasteiger partial charge in [0, 0.05) is 5.56 Å². The van der Waals surface area contributed by atoms with Crippen molar-refractivity contribution < 1.29 is 17.9 Å². The minimum Gasteiger partial charge on any atom is -0.478 e. The second-order valence-corrected chi connectivity index (χ2v) is 7.64. The van der Waals surface area contributed by atoms with Crippen LogP contribution in [0.5, 0.6) is 0 Å². The molecule has 0 saturated carbocycles. The lowest BCUT2D eigenvalue weighted by atomic mass is 9.93. The Kier molecular flexibility index (Phi) is 3.81. The van der Waals surface area contributed by atoms with E-state index in [0.29, 0.717) is 16.9 Å². The summed E-state index contributed by atoms with van der Waals surface area (Å²) in [4.78, 5) is 12.7. The third-order valence-corrected chi connectivity index (χ3v) is 4.79. The number of ether oxygens (including phenoxy) is 1. The smallest absolute Gasteiger partial charge is 0.238 e. The molecule has 6 heteroatoms. The maximum atomic E-state index is 12.7. The molecule has 0 spiro atoms. The molecule has 1 aliphatic heterocycles. The van der Waals surface area contributed by atoms with Crippen LogP contribution in [0.15, 0.2) is 59.5 Å². The van der Waals surface area contributed by atoms with Crippen LogP contribution in [0, 0.1) is 0 Å². The van der Waals surface area contributed by atoms with Crippen LogP contribution in [0.25, 0.3) is 11.3 Å². The van der Waals surface area contributed by atoms with Crippen LogP contribution in [-0.2, 0) is 19.6 Å². The van der Waals surface area contributed by atoms with Crippen LogP contribution >= 0.6 is 0 Å². The van der Waals surface area contributed by atoms with Gasteiger partial charge in [0.05, 0.1) is 10.5 Å². The van der Waals surface area contributed by atoms with Crippen molar-refractivity contribution in [1.82, 2.24) is 0 Å². The number of hydrogen-bond donors (Lipinski definition) is 1. The molecule has 0 amide bonds. The molecular formula is C18H17NO4S. The Balaban J connectivity index is 2.15. The lowest BCUT2D eigenvalue weighted by Gasteiger charge is -2.17. The zero-order valence-corrected chi connectivity index (χ0v) is 14.1. The van der Waals surface area contributed by atoms with Gasteiger partial charge in [0.1, 0.15) is 5.76 Å². The van der Waals surface area contributed by atoms with Gasteiger partial charge in [-0.15, -0.1) is 0 Å². The summed E-state index contributed by atoms with van der Waals surface area (Å²) in [5.74, 6) is 0.330. The van der Waals surface area contributed by atoms with E-state index in [1.54, 1.807) is 26.0 Å². The first-order chi connectivity index (χ1) is 11.2. The van der Waals surface area contributed by atoms with E-state index < -0.39 is 15.6 Å². The zero-order valence-electron chi connectivity index (χ0n) is 13.3. The van der Waals surface area contributed by atoms with Gasteiger partial charge in [0.15, 0.2) is 5.60 Å². The normalized spacial score (nSPS) is 17.0. The Bertz CT molecular complexity index is 927. The first kappa shape index (κ1) is 16.4. The van der Waals surface area contributed by atoms with E-state index in [4.69, 9.17) is 9.88 Å². The largest absolute Gasteiger partial charge is 0.478 e. The number of hydrogen-bond acceptors (Lipinski definition) is 4. The van der Waals surface area contributed by atoms with E-state index in [-0.39, 0.29) is 10.7 Å². The molecule has 3 rings (SSSR count). The van der Waals surface area contributed by atoms with Crippen LogP contribution in [0.1, 0.15) is 25.0 Å². The number of carbonyl (C=O) groups excluding carboxylic acids is 1. The van der Waals surface area contributed by atoms with Crippen LogP contribution in [-0.4, -0.2) is 19.8 Å². The van der Waals surface area contributed by atoms with Gasteiger partial charge >= 0.3 is 0 Å². The van der Waals surface area contributed by atoms with Gasteiger partial charge in [-0.2, -0.15) is 0 Å². The minimum atomic E-state index is -3.77. The van der Waals surface area contributed by atoms with Crippen molar-refractivity contribution in [2.45, 2.75) is 24.3 Å². The summed E-state index contributed by atoms with van der Waals surface area (Å²) in [6.07, 6.45) is 0. The van der Waals surface area contributed by atoms with Crippen LogP contribution in [0.2, 0.25) is 0 Å².